The molecule has 2 aromatic rings. The molecular formula is C17H22N6O2. The summed E-state index contributed by atoms with van der Waals surface area (Å²) >= 11 is 0. The average Bonchev–Trinajstić information content (AvgIpc) is 3.48. The fraction of sp³-hybridized carbons (Fsp3) is 0.529. The molecule has 8 heteroatoms. The van der Waals surface area contributed by atoms with Crippen LogP contribution >= 0.6 is 0 Å². The number of rotatable bonds is 5. The number of aromatic nitrogens is 4. The third kappa shape index (κ3) is 3.29. The maximum atomic E-state index is 11.9. The summed E-state index contributed by atoms with van der Waals surface area (Å²) < 4.78 is 5.25. The predicted octanol–water partition coefficient (Wildman–Crippen LogP) is 1.21. The Hall–Kier alpha value is -2.64. The van der Waals surface area contributed by atoms with Gasteiger partial charge in [0.25, 0.3) is 5.56 Å². The van der Waals surface area contributed by atoms with Crippen molar-refractivity contribution >= 4 is 11.6 Å². The minimum atomic E-state index is -0.125. The van der Waals surface area contributed by atoms with Crippen LogP contribution in [0.5, 0.6) is 5.88 Å². The van der Waals surface area contributed by atoms with E-state index in [-0.39, 0.29) is 5.56 Å². The molecular weight excluding hydrogens is 320 g/mol. The van der Waals surface area contributed by atoms with E-state index in [0.717, 1.165) is 31.7 Å². The molecule has 1 saturated carbocycles. The van der Waals surface area contributed by atoms with Crippen molar-refractivity contribution in [2.75, 3.05) is 30.0 Å². The Bertz CT molecular complexity index is 782. The van der Waals surface area contributed by atoms with Gasteiger partial charge in [-0.1, -0.05) is 0 Å². The molecule has 0 radical (unpaired) electrons. The van der Waals surface area contributed by atoms with Gasteiger partial charge in [-0.25, -0.2) is 15.0 Å². The molecule has 0 amide bonds. The first-order valence-electron chi connectivity index (χ1n) is 8.69. The van der Waals surface area contributed by atoms with Gasteiger partial charge in [0.1, 0.15) is 12.1 Å². The molecule has 0 bridgehead atoms. The number of ether oxygens (including phenoxy) is 1. The monoisotopic (exact) mass is 342 g/mol. The van der Waals surface area contributed by atoms with Gasteiger partial charge in [0.05, 0.1) is 7.11 Å². The van der Waals surface area contributed by atoms with Gasteiger partial charge >= 0.3 is 0 Å². The zero-order valence-corrected chi connectivity index (χ0v) is 14.3. The molecule has 25 heavy (non-hydrogen) atoms. The standard InChI is InChI=1S/C17H22N6O2/c1-25-15-10-14(20-11-21-15)23(12-2-3-12)13-4-8-22(9-5-13)16-17(24)19-7-6-18-16/h6-7,10-13H,2-5,8-9H2,1H3,(H,19,24). The van der Waals surface area contributed by atoms with Crippen molar-refractivity contribution in [3.63, 3.8) is 0 Å². The highest BCUT2D eigenvalue weighted by Crippen LogP contribution is 2.36. The number of nitrogens with zero attached hydrogens (tertiary/aromatic N) is 5. The molecule has 1 aliphatic carbocycles. The van der Waals surface area contributed by atoms with Gasteiger partial charge in [0.2, 0.25) is 5.88 Å². The maximum absolute atomic E-state index is 11.9. The highest BCUT2D eigenvalue weighted by molar-refractivity contribution is 5.46. The second-order valence-corrected chi connectivity index (χ2v) is 6.52. The lowest BCUT2D eigenvalue weighted by Gasteiger charge is -2.39. The predicted molar refractivity (Wildman–Crippen MR) is 94.2 cm³/mol. The zero-order chi connectivity index (χ0) is 17.2. The van der Waals surface area contributed by atoms with Gasteiger partial charge < -0.3 is 19.5 Å². The molecule has 2 aromatic heterocycles. The van der Waals surface area contributed by atoms with Crippen molar-refractivity contribution in [1.29, 1.82) is 0 Å². The van der Waals surface area contributed by atoms with Gasteiger partial charge in [0, 0.05) is 43.6 Å². The number of methoxy groups -OCH3 is 1. The van der Waals surface area contributed by atoms with E-state index < -0.39 is 0 Å². The molecule has 2 aliphatic rings. The summed E-state index contributed by atoms with van der Waals surface area (Å²) in [7, 11) is 1.62. The molecule has 132 valence electrons. The summed E-state index contributed by atoms with van der Waals surface area (Å²) in [4.78, 5) is 31.9. The van der Waals surface area contributed by atoms with E-state index in [4.69, 9.17) is 4.74 Å². The van der Waals surface area contributed by atoms with Gasteiger partial charge in [-0.3, -0.25) is 4.79 Å². The van der Waals surface area contributed by atoms with E-state index >= 15 is 0 Å². The summed E-state index contributed by atoms with van der Waals surface area (Å²) in [5, 5.41) is 0. The Kier molecular flexibility index (Phi) is 4.25. The second-order valence-electron chi connectivity index (χ2n) is 6.52. The number of piperidine rings is 1. The summed E-state index contributed by atoms with van der Waals surface area (Å²) in [5.41, 5.74) is -0.125. The van der Waals surface area contributed by atoms with Gasteiger partial charge in [0.15, 0.2) is 5.82 Å². The molecule has 1 N–H and O–H groups in total. The Morgan fingerprint density at radius 1 is 1.16 bits per heavy atom. The molecule has 0 atom stereocenters. The summed E-state index contributed by atoms with van der Waals surface area (Å²) in [6, 6.07) is 2.87. The van der Waals surface area contributed by atoms with Gasteiger partial charge in [-0.15, -0.1) is 0 Å². The average molecular weight is 342 g/mol. The molecule has 3 heterocycles. The first kappa shape index (κ1) is 15.9. The van der Waals surface area contributed by atoms with Crippen LogP contribution in [0.3, 0.4) is 0 Å². The lowest BCUT2D eigenvalue weighted by Crippen LogP contribution is -2.47. The van der Waals surface area contributed by atoms with Gasteiger partial charge in [-0.2, -0.15) is 0 Å². The normalized spacial score (nSPS) is 18.2. The first-order valence-corrected chi connectivity index (χ1v) is 8.69. The minimum Gasteiger partial charge on any atom is -0.481 e. The van der Waals surface area contributed by atoms with Crippen LogP contribution in [0.15, 0.2) is 29.6 Å². The van der Waals surface area contributed by atoms with E-state index in [2.05, 4.69) is 29.7 Å². The molecule has 4 rings (SSSR count). The van der Waals surface area contributed by atoms with E-state index in [1.807, 2.05) is 6.07 Å². The van der Waals surface area contributed by atoms with Crippen molar-refractivity contribution in [3.8, 4) is 5.88 Å². The zero-order valence-electron chi connectivity index (χ0n) is 14.3. The van der Waals surface area contributed by atoms with E-state index in [0.29, 0.717) is 23.8 Å². The Labute approximate surface area is 145 Å². The van der Waals surface area contributed by atoms with Crippen LogP contribution in [0.25, 0.3) is 0 Å². The SMILES string of the molecule is COc1cc(N(C2CC2)C2CCN(c3ncc[nH]c3=O)CC2)ncn1. The topological polar surface area (TPSA) is 87.2 Å². The lowest BCUT2D eigenvalue weighted by molar-refractivity contribution is 0.395. The fourth-order valence-electron chi connectivity index (χ4n) is 3.53. The molecule has 1 saturated heterocycles. The number of aromatic amines is 1. The molecule has 2 fully saturated rings. The van der Waals surface area contributed by atoms with Crippen molar-refractivity contribution in [1.82, 2.24) is 19.9 Å². The largest absolute Gasteiger partial charge is 0.481 e. The maximum Gasteiger partial charge on any atom is 0.290 e. The van der Waals surface area contributed by atoms with E-state index in [9.17, 15) is 4.79 Å². The van der Waals surface area contributed by atoms with Crippen LogP contribution in [0.1, 0.15) is 25.7 Å². The van der Waals surface area contributed by atoms with Crippen LogP contribution in [0.4, 0.5) is 11.6 Å². The summed E-state index contributed by atoms with van der Waals surface area (Å²) in [6.07, 6.45) is 9.10. The molecule has 1 aliphatic heterocycles. The van der Waals surface area contributed by atoms with Crippen LogP contribution in [-0.2, 0) is 0 Å². The quantitative estimate of drug-likeness (QED) is 0.874. The summed E-state index contributed by atoms with van der Waals surface area (Å²) in [5.74, 6) is 2.04. The molecule has 0 aromatic carbocycles. The number of hydrogen-bond acceptors (Lipinski definition) is 7. The van der Waals surface area contributed by atoms with Crippen molar-refractivity contribution in [2.45, 2.75) is 37.8 Å². The van der Waals surface area contributed by atoms with E-state index in [1.54, 1.807) is 25.8 Å². The molecule has 8 nitrogen and oxygen atoms in total. The van der Waals surface area contributed by atoms with Crippen molar-refractivity contribution in [3.05, 3.63) is 35.1 Å². The minimum absolute atomic E-state index is 0.125. The number of nitrogens with one attached hydrogen (secondary N) is 1. The number of H-pyrrole nitrogens is 1. The smallest absolute Gasteiger partial charge is 0.290 e. The van der Waals surface area contributed by atoms with Crippen LogP contribution in [-0.4, -0.2) is 52.2 Å². The highest BCUT2D eigenvalue weighted by Gasteiger charge is 2.37. The molecule has 0 unspecified atom stereocenters. The van der Waals surface area contributed by atoms with Crippen molar-refractivity contribution in [2.24, 2.45) is 0 Å². The highest BCUT2D eigenvalue weighted by atomic mass is 16.5. The van der Waals surface area contributed by atoms with Crippen LogP contribution in [0, 0.1) is 0 Å². The van der Waals surface area contributed by atoms with Crippen LogP contribution < -0.4 is 20.1 Å². The number of hydrogen-bond donors (Lipinski definition) is 1. The second kappa shape index (κ2) is 6.70. The Morgan fingerprint density at radius 3 is 2.60 bits per heavy atom. The summed E-state index contributed by atoms with van der Waals surface area (Å²) in [6.45, 7) is 1.63. The third-order valence-electron chi connectivity index (χ3n) is 4.89. The molecule has 0 spiro atoms. The third-order valence-corrected chi connectivity index (χ3v) is 4.89. The first-order chi connectivity index (χ1) is 12.3. The van der Waals surface area contributed by atoms with Gasteiger partial charge in [-0.05, 0) is 25.7 Å². The van der Waals surface area contributed by atoms with E-state index in [1.165, 1.54) is 12.8 Å². The number of anilines is 2. The van der Waals surface area contributed by atoms with Crippen LogP contribution in [0.2, 0.25) is 0 Å². The Morgan fingerprint density at radius 2 is 1.92 bits per heavy atom. The Balaban J connectivity index is 1.50. The lowest BCUT2D eigenvalue weighted by atomic mass is 10.0. The van der Waals surface area contributed by atoms with Crippen molar-refractivity contribution < 1.29 is 4.74 Å². The fourth-order valence-corrected chi connectivity index (χ4v) is 3.53.